The third-order valence-corrected chi connectivity index (χ3v) is 3.67. The summed E-state index contributed by atoms with van der Waals surface area (Å²) in [5.74, 6) is -0.121. The van der Waals surface area contributed by atoms with Crippen molar-refractivity contribution in [2.75, 3.05) is 25.0 Å². The van der Waals surface area contributed by atoms with Crippen LogP contribution in [0.15, 0.2) is 24.3 Å². The number of anilines is 1. The number of carbonyl (C=O) groups excluding carboxylic acids is 2. The third kappa shape index (κ3) is 9.86. The van der Waals surface area contributed by atoms with Crippen LogP contribution in [0.3, 0.4) is 0 Å². The first kappa shape index (κ1) is 22.8. The monoisotopic (exact) mass is 388 g/mol. The van der Waals surface area contributed by atoms with Gasteiger partial charge in [0, 0.05) is 31.6 Å². The topological polar surface area (TPSA) is 58.6 Å². The van der Waals surface area contributed by atoms with E-state index < -0.39 is 12.8 Å². The highest BCUT2D eigenvalue weighted by Crippen LogP contribution is 2.20. The standard InChI is InChI=1S/C19H27F3N2O3/c1-3-12-24(13-4-2)18(26)7-5-6-17(25)23-15-8-10-16(11-9-15)27-14-19(20,21)22/h8-11H,3-7,12-14H2,1-2H3,(H,23,25). The van der Waals surface area contributed by atoms with Crippen LogP contribution in [0.1, 0.15) is 46.0 Å². The molecule has 0 aliphatic heterocycles. The fourth-order valence-electron chi connectivity index (χ4n) is 2.48. The van der Waals surface area contributed by atoms with Gasteiger partial charge in [0.05, 0.1) is 0 Å². The second kappa shape index (κ2) is 11.5. The number of benzene rings is 1. The molecule has 27 heavy (non-hydrogen) atoms. The van der Waals surface area contributed by atoms with Crippen LogP contribution in [-0.4, -0.2) is 42.6 Å². The number of hydrogen-bond acceptors (Lipinski definition) is 3. The van der Waals surface area contributed by atoms with Gasteiger partial charge in [-0.05, 0) is 43.5 Å². The first-order valence-electron chi connectivity index (χ1n) is 9.12. The number of rotatable bonds is 11. The van der Waals surface area contributed by atoms with Crippen LogP contribution >= 0.6 is 0 Å². The molecule has 1 rings (SSSR count). The predicted octanol–water partition coefficient (Wildman–Crippen LogP) is 4.39. The molecule has 1 N–H and O–H groups in total. The smallest absolute Gasteiger partial charge is 0.422 e. The number of nitrogens with one attached hydrogen (secondary N) is 1. The normalized spacial score (nSPS) is 11.1. The molecule has 0 aliphatic carbocycles. The second-order valence-corrected chi connectivity index (χ2v) is 6.21. The number of alkyl halides is 3. The molecule has 0 saturated heterocycles. The fourth-order valence-corrected chi connectivity index (χ4v) is 2.48. The van der Waals surface area contributed by atoms with Gasteiger partial charge < -0.3 is 15.0 Å². The van der Waals surface area contributed by atoms with Crippen molar-refractivity contribution in [3.63, 3.8) is 0 Å². The summed E-state index contributed by atoms with van der Waals surface area (Å²) in [6.07, 6.45) is -1.64. The zero-order valence-corrected chi connectivity index (χ0v) is 15.8. The second-order valence-electron chi connectivity index (χ2n) is 6.21. The molecule has 0 unspecified atom stereocenters. The Hall–Kier alpha value is -2.25. The molecule has 1 aromatic carbocycles. The minimum absolute atomic E-state index is 0.0534. The molecule has 0 saturated carbocycles. The zero-order chi connectivity index (χ0) is 20.3. The van der Waals surface area contributed by atoms with Gasteiger partial charge in [-0.15, -0.1) is 0 Å². The molecule has 0 radical (unpaired) electrons. The maximum atomic E-state index is 12.1. The molecule has 0 atom stereocenters. The molecule has 2 amide bonds. The summed E-state index contributed by atoms with van der Waals surface area (Å²) in [6, 6.07) is 5.66. The Morgan fingerprint density at radius 1 is 1.04 bits per heavy atom. The highest BCUT2D eigenvalue weighted by Gasteiger charge is 2.28. The van der Waals surface area contributed by atoms with Crippen LogP contribution < -0.4 is 10.1 Å². The quantitative estimate of drug-likeness (QED) is 0.612. The molecule has 5 nitrogen and oxygen atoms in total. The van der Waals surface area contributed by atoms with Crippen LogP contribution in [0.2, 0.25) is 0 Å². The van der Waals surface area contributed by atoms with Crippen LogP contribution in [0.5, 0.6) is 5.75 Å². The molecule has 0 aliphatic rings. The van der Waals surface area contributed by atoms with E-state index in [0.717, 1.165) is 25.9 Å². The van der Waals surface area contributed by atoms with Gasteiger partial charge in [0.2, 0.25) is 11.8 Å². The van der Waals surface area contributed by atoms with Crippen molar-refractivity contribution in [3.05, 3.63) is 24.3 Å². The van der Waals surface area contributed by atoms with E-state index in [1.54, 1.807) is 0 Å². The average molecular weight is 388 g/mol. The molecule has 152 valence electrons. The molecule has 0 aromatic heterocycles. The van der Waals surface area contributed by atoms with Crippen molar-refractivity contribution in [1.82, 2.24) is 4.90 Å². The maximum absolute atomic E-state index is 12.1. The molecule has 0 heterocycles. The van der Waals surface area contributed by atoms with E-state index in [2.05, 4.69) is 10.1 Å². The molecule has 0 fully saturated rings. The lowest BCUT2D eigenvalue weighted by Gasteiger charge is -2.21. The van der Waals surface area contributed by atoms with E-state index in [0.29, 0.717) is 18.5 Å². The van der Waals surface area contributed by atoms with Gasteiger partial charge in [0.1, 0.15) is 5.75 Å². The first-order valence-corrected chi connectivity index (χ1v) is 9.12. The number of nitrogens with zero attached hydrogens (tertiary/aromatic N) is 1. The van der Waals surface area contributed by atoms with Gasteiger partial charge in [0.15, 0.2) is 6.61 Å². The summed E-state index contributed by atoms with van der Waals surface area (Å²) in [5.41, 5.74) is 0.462. The summed E-state index contributed by atoms with van der Waals surface area (Å²) in [4.78, 5) is 25.9. The lowest BCUT2D eigenvalue weighted by molar-refractivity contribution is -0.153. The molecule has 1 aromatic rings. The predicted molar refractivity (Wildman–Crippen MR) is 97.6 cm³/mol. The first-order chi connectivity index (χ1) is 12.7. The van der Waals surface area contributed by atoms with E-state index in [-0.39, 0.29) is 24.0 Å². The summed E-state index contributed by atoms with van der Waals surface area (Å²) in [6.45, 7) is 4.12. The Labute approximate surface area is 157 Å². The summed E-state index contributed by atoms with van der Waals surface area (Å²) < 4.78 is 40.9. The van der Waals surface area contributed by atoms with Gasteiger partial charge >= 0.3 is 6.18 Å². The van der Waals surface area contributed by atoms with Crippen molar-refractivity contribution in [1.29, 1.82) is 0 Å². The maximum Gasteiger partial charge on any atom is 0.422 e. The number of carbonyl (C=O) groups is 2. The molecular weight excluding hydrogens is 361 g/mol. The summed E-state index contributed by atoms with van der Waals surface area (Å²) >= 11 is 0. The number of hydrogen-bond donors (Lipinski definition) is 1. The minimum atomic E-state index is -4.39. The highest BCUT2D eigenvalue weighted by atomic mass is 19.4. The van der Waals surface area contributed by atoms with Crippen molar-refractivity contribution in [3.8, 4) is 5.75 Å². The largest absolute Gasteiger partial charge is 0.484 e. The van der Waals surface area contributed by atoms with Crippen LogP contribution in [0, 0.1) is 0 Å². The number of halogens is 3. The summed E-state index contributed by atoms with van der Waals surface area (Å²) in [7, 11) is 0. The molecular formula is C19H27F3N2O3. The Morgan fingerprint density at radius 2 is 1.63 bits per heavy atom. The lowest BCUT2D eigenvalue weighted by Crippen LogP contribution is -2.32. The summed E-state index contributed by atoms with van der Waals surface area (Å²) in [5, 5.41) is 2.65. The minimum Gasteiger partial charge on any atom is -0.484 e. The molecule has 0 spiro atoms. The average Bonchev–Trinajstić information content (AvgIpc) is 2.60. The van der Waals surface area contributed by atoms with Crippen molar-refractivity contribution < 1.29 is 27.5 Å². The Kier molecular flexibility index (Phi) is 9.67. The Balaban J connectivity index is 2.36. The van der Waals surface area contributed by atoms with E-state index in [9.17, 15) is 22.8 Å². The van der Waals surface area contributed by atoms with E-state index in [1.807, 2.05) is 18.7 Å². The SMILES string of the molecule is CCCN(CCC)C(=O)CCCC(=O)Nc1ccc(OCC(F)(F)F)cc1. The number of amides is 2. The van der Waals surface area contributed by atoms with Gasteiger partial charge in [-0.25, -0.2) is 0 Å². The third-order valence-electron chi connectivity index (χ3n) is 3.67. The van der Waals surface area contributed by atoms with E-state index >= 15 is 0 Å². The van der Waals surface area contributed by atoms with Crippen molar-refractivity contribution >= 4 is 17.5 Å². The number of ether oxygens (including phenoxy) is 1. The van der Waals surface area contributed by atoms with Gasteiger partial charge in [-0.3, -0.25) is 9.59 Å². The van der Waals surface area contributed by atoms with E-state index in [4.69, 9.17) is 0 Å². The van der Waals surface area contributed by atoms with Gasteiger partial charge in [-0.1, -0.05) is 13.8 Å². The Bertz CT molecular complexity index is 583. The van der Waals surface area contributed by atoms with Crippen LogP contribution in [0.4, 0.5) is 18.9 Å². The van der Waals surface area contributed by atoms with Gasteiger partial charge in [0.25, 0.3) is 0 Å². The van der Waals surface area contributed by atoms with E-state index in [1.165, 1.54) is 24.3 Å². The lowest BCUT2D eigenvalue weighted by atomic mass is 10.2. The molecule has 8 heteroatoms. The Morgan fingerprint density at radius 3 is 2.15 bits per heavy atom. The zero-order valence-electron chi connectivity index (χ0n) is 15.8. The van der Waals surface area contributed by atoms with Crippen LogP contribution in [0.25, 0.3) is 0 Å². The van der Waals surface area contributed by atoms with Gasteiger partial charge in [-0.2, -0.15) is 13.2 Å². The fraction of sp³-hybridized carbons (Fsp3) is 0.579. The van der Waals surface area contributed by atoms with Crippen LogP contribution in [-0.2, 0) is 9.59 Å². The molecule has 0 bridgehead atoms. The highest BCUT2D eigenvalue weighted by molar-refractivity contribution is 5.91. The van der Waals surface area contributed by atoms with Crippen molar-refractivity contribution in [2.24, 2.45) is 0 Å². The van der Waals surface area contributed by atoms with Crippen molar-refractivity contribution in [2.45, 2.75) is 52.1 Å².